The molecule has 0 fully saturated rings. The lowest BCUT2D eigenvalue weighted by molar-refractivity contribution is -0.142. The number of aromatic nitrogens is 1. The van der Waals surface area contributed by atoms with Gasteiger partial charge in [0.05, 0.1) is 30.7 Å². The molecule has 0 saturated carbocycles. The van der Waals surface area contributed by atoms with E-state index in [0.29, 0.717) is 33.8 Å². The van der Waals surface area contributed by atoms with Gasteiger partial charge < -0.3 is 28.6 Å². The number of fused-ring (bicyclic) bond motifs is 2. The van der Waals surface area contributed by atoms with Crippen molar-refractivity contribution < 1.29 is 33.6 Å². The van der Waals surface area contributed by atoms with Crippen LogP contribution in [0.5, 0.6) is 17.2 Å². The number of benzene rings is 2. The van der Waals surface area contributed by atoms with Crippen LogP contribution < -0.4 is 9.47 Å². The van der Waals surface area contributed by atoms with Crippen molar-refractivity contribution in [3.05, 3.63) is 47.7 Å². The van der Waals surface area contributed by atoms with Crippen LogP contribution in [-0.2, 0) is 20.7 Å². The normalized spacial score (nSPS) is 12.2. The second-order valence-corrected chi connectivity index (χ2v) is 6.60. The van der Waals surface area contributed by atoms with Crippen LogP contribution >= 0.6 is 0 Å². The Morgan fingerprint density at radius 2 is 1.80 bits per heavy atom. The Balaban J connectivity index is 1.99. The Morgan fingerprint density at radius 1 is 1.03 bits per heavy atom. The molecule has 8 nitrogen and oxygen atoms in total. The second kappa shape index (κ2) is 7.98. The molecule has 0 saturated heterocycles. The van der Waals surface area contributed by atoms with Crippen molar-refractivity contribution in [1.29, 1.82) is 0 Å². The van der Waals surface area contributed by atoms with E-state index in [1.807, 2.05) is 6.07 Å². The molecule has 1 aliphatic heterocycles. The topological polar surface area (TPSA) is 96.2 Å². The zero-order valence-electron chi connectivity index (χ0n) is 16.6. The number of hydrogen-bond acceptors (Lipinski definition) is 7. The molecule has 0 bridgehead atoms. The van der Waals surface area contributed by atoms with E-state index in [0.717, 1.165) is 0 Å². The number of phenols is 1. The molecule has 0 amide bonds. The van der Waals surface area contributed by atoms with Gasteiger partial charge in [-0.3, -0.25) is 4.79 Å². The molecule has 1 aliphatic rings. The van der Waals surface area contributed by atoms with E-state index in [2.05, 4.69) is 0 Å². The fraction of sp³-hybridized carbons (Fsp3) is 0.273. The summed E-state index contributed by atoms with van der Waals surface area (Å²) in [6.07, 6.45) is -0.147. The minimum absolute atomic E-state index is 0.00132. The van der Waals surface area contributed by atoms with Gasteiger partial charge >= 0.3 is 11.9 Å². The molecule has 4 rings (SSSR count). The Labute approximate surface area is 172 Å². The van der Waals surface area contributed by atoms with Gasteiger partial charge in [-0.15, -0.1) is 0 Å². The van der Waals surface area contributed by atoms with Gasteiger partial charge in [-0.05, 0) is 44.2 Å². The first-order valence-corrected chi connectivity index (χ1v) is 9.62. The largest absolute Gasteiger partial charge is 0.508 e. The predicted octanol–water partition coefficient (Wildman–Crippen LogP) is 3.35. The maximum Gasteiger partial charge on any atom is 0.340 e. The van der Waals surface area contributed by atoms with Crippen LogP contribution in [0, 0.1) is 0 Å². The highest BCUT2D eigenvalue weighted by molar-refractivity contribution is 6.07. The fourth-order valence-electron chi connectivity index (χ4n) is 3.60. The highest BCUT2D eigenvalue weighted by Crippen LogP contribution is 2.38. The third-order valence-corrected chi connectivity index (χ3v) is 4.76. The lowest BCUT2D eigenvalue weighted by atomic mass is 10.1. The first-order valence-electron chi connectivity index (χ1n) is 9.62. The minimum Gasteiger partial charge on any atom is -0.508 e. The Kier molecular flexibility index (Phi) is 5.22. The van der Waals surface area contributed by atoms with Crippen LogP contribution in [0.4, 0.5) is 0 Å². The third kappa shape index (κ3) is 3.41. The van der Waals surface area contributed by atoms with Crippen LogP contribution in [0.2, 0.25) is 0 Å². The number of esters is 2. The SMILES string of the molecule is CCOC(=O)Cc1c(C(=O)OCC)c2cc(O)ccc2n1-c1ccc2c(c1)OCO2. The monoisotopic (exact) mass is 411 g/mol. The van der Waals surface area contributed by atoms with Crippen molar-refractivity contribution >= 4 is 22.8 Å². The van der Waals surface area contributed by atoms with Crippen LogP contribution in [0.25, 0.3) is 16.6 Å². The van der Waals surface area contributed by atoms with Gasteiger partial charge in [-0.25, -0.2) is 4.79 Å². The van der Waals surface area contributed by atoms with Gasteiger partial charge in [0.1, 0.15) is 5.75 Å². The van der Waals surface area contributed by atoms with Crippen molar-refractivity contribution in [2.24, 2.45) is 0 Å². The summed E-state index contributed by atoms with van der Waals surface area (Å²) in [5, 5.41) is 10.5. The molecule has 1 aromatic heterocycles. The summed E-state index contributed by atoms with van der Waals surface area (Å²) in [5.41, 5.74) is 1.93. The molecule has 1 N–H and O–H groups in total. The summed E-state index contributed by atoms with van der Waals surface area (Å²) in [6.45, 7) is 3.95. The average molecular weight is 411 g/mol. The van der Waals surface area contributed by atoms with Gasteiger partial charge in [0, 0.05) is 22.8 Å². The Bertz CT molecular complexity index is 1130. The maximum absolute atomic E-state index is 12.8. The zero-order valence-corrected chi connectivity index (χ0v) is 16.6. The quantitative estimate of drug-likeness (QED) is 0.622. The van der Waals surface area contributed by atoms with Crippen LogP contribution in [0.15, 0.2) is 36.4 Å². The predicted molar refractivity (Wildman–Crippen MR) is 107 cm³/mol. The van der Waals surface area contributed by atoms with Gasteiger partial charge in [0.2, 0.25) is 6.79 Å². The highest BCUT2D eigenvalue weighted by atomic mass is 16.7. The summed E-state index contributed by atoms with van der Waals surface area (Å²) >= 11 is 0. The first-order chi connectivity index (χ1) is 14.5. The van der Waals surface area contributed by atoms with Gasteiger partial charge in [-0.2, -0.15) is 0 Å². The summed E-state index contributed by atoms with van der Waals surface area (Å²) in [5.74, 6) is 0.126. The average Bonchev–Trinajstić information content (AvgIpc) is 3.29. The van der Waals surface area contributed by atoms with Crippen LogP contribution in [0.1, 0.15) is 29.9 Å². The molecule has 30 heavy (non-hydrogen) atoms. The number of ether oxygens (including phenoxy) is 4. The van der Waals surface area contributed by atoms with Crippen LogP contribution in [-0.4, -0.2) is 41.6 Å². The number of hydrogen-bond donors (Lipinski definition) is 1. The lowest BCUT2D eigenvalue weighted by Crippen LogP contribution is -2.15. The third-order valence-electron chi connectivity index (χ3n) is 4.76. The van der Waals surface area contributed by atoms with E-state index in [9.17, 15) is 14.7 Å². The van der Waals surface area contributed by atoms with E-state index in [4.69, 9.17) is 18.9 Å². The molecule has 2 aromatic carbocycles. The van der Waals surface area contributed by atoms with Crippen molar-refractivity contribution in [3.63, 3.8) is 0 Å². The standard InChI is InChI=1S/C22H21NO7/c1-3-27-20(25)11-17-21(22(26)28-4-2)15-10-14(24)6-7-16(15)23(17)13-5-8-18-19(9-13)30-12-29-18/h5-10,24H,3-4,11-12H2,1-2H3. The maximum atomic E-state index is 12.8. The van der Waals surface area contributed by atoms with Crippen molar-refractivity contribution in [2.45, 2.75) is 20.3 Å². The number of nitrogens with zero attached hydrogens (tertiary/aromatic N) is 1. The van der Waals surface area contributed by atoms with Crippen LogP contribution in [0.3, 0.4) is 0 Å². The van der Waals surface area contributed by atoms with Crippen molar-refractivity contribution in [3.8, 4) is 22.9 Å². The summed E-state index contributed by atoms with van der Waals surface area (Å²) in [4.78, 5) is 25.2. The summed E-state index contributed by atoms with van der Waals surface area (Å²) in [6, 6.07) is 10.0. The van der Waals surface area contributed by atoms with Gasteiger partial charge in [0.15, 0.2) is 11.5 Å². The van der Waals surface area contributed by atoms with Crippen molar-refractivity contribution in [1.82, 2.24) is 4.57 Å². The van der Waals surface area contributed by atoms with E-state index >= 15 is 0 Å². The Morgan fingerprint density at radius 3 is 2.57 bits per heavy atom. The molecule has 0 spiro atoms. The first kappa shape index (κ1) is 19.6. The molecule has 0 unspecified atom stereocenters. The van der Waals surface area contributed by atoms with Gasteiger partial charge in [0.25, 0.3) is 0 Å². The molecule has 0 aliphatic carbocycles. The zero-order chi connectivity index (χ0) is 21.3. The fourth-order valence-corrected chi connectivity index (χ4v) is 3.60. The molecule has 8 heteroatoms. The number of carbonyl (C=O) groups excluding carboxylic acids is 2. The van der Waals surface area contributed by atoms with E-state index in [1.54, 1.807) is 36.6 Å². The van der Waals surface area contributed by atoms with Crippen molar-refractivity contribution in [2.75, 3.05) is 20.0 Å². The number of carbonyl (C=O) groups is 2. The number of rotatable bonds is 6. The van der Waals surface area contributed by atoms with E-state index in [-0.39, 0.29) is 37.7 Å². The number of phenolic OH excluding ortho intramolecular Hbond substituents is 1. The molecule has 2 heterocycles. The summed E-state index contributed by atoms with van der Waals surface area (Å²) in [7, 11) is 0. The van der Waals surface area contributed by atoms with E-state index in [1.165, 1.54) is 12.1 Å². The molecular weight excluding hydrogens is 390 g/mol. The summed E-state index contributed by atoms with van der Waals surface area (Å²) < 4.78 is 23.0. The molecular formula is C22H21NO7. The molecule has 0 radical (unpaired) electrons. The van der Waals surface area contributed by atoms with E-state index < -0.39 is 11.9 Å². The Hall–Kier alpha value is -3.68. The molecule has 0 atom stereocenters. The smallest absolute Gasteiger partial charge is 0.340 e. The minimum atomic E-state index is -0.577. The number of aromatic hydroxyl groups is 1. The molecule has 3 aromatic rings. The highest BCUT2D eigenvalue weighted by Gasteiger charge is 2.27. The molecule has 156 valence electrons. The second-order valence-electron chi connectivity index (χ2n) is 6.60. The van der Waals surface area contributed by atoms with Gasteiger partial charge in [-0.1, -0.05) is 0 Å². The lowest BCUT2D eigenvalue weighted by Gasteiger charge is -2.13.